The quantitative estimate of drug-likeness (QED) is 0.285. The molecule has 0 saturated carbocycles. The Kier molecular flexibility index (Phi) is 8.68. The standard InChI is InChI=1S/C32H28F3NO9/c1-15-29(44-14-16-7-5-4-6-8-16)20(36-31(41)32(33,34)35)13-22(45-15)17-11-12-21(42-2)25-23(17)26(37)18-9-10-19(30(40)43-3)27(38)24(18)28(25)39/h4-12,15,20,22,29,38H,13-14H2,1-3H3,(H,36,41)/t15-,20+,22-,29-/m1/s1. The number of esters is 1. The molecule has 45 heavy (non-hydrogen) atoms. The van der Waals surface area contributed by atoms with Crippen LogP contribution in [0.4, 0.5) is 13.2 Å². The van der Waals surface area contributed by atoms with E-state index in [9.17, 15) is 37.5 Å². The lowest BCUT2D eigenvalue weighted by Gasteiger charge is -2.41. The molecule has 3 aromatic carbocycles. The molecule has 0 radical (unpaired) electrons. The molecular formula is C32H28F3NO9. The molecule has 236 valence electrons. The first-order valence-electron chi connectivity index (χ1n) is 13.8. The Hall–Kier alpha value is -4.75. The summed E-state index contributed by atoms with van der Waals surface area (Å²) in [5.74, 6) is -5.39. The van der Waals surface area contributed by atoms with Gasteiger partial charge in [0, 0.05) is 17.5 Å². The van der Waals surface area contributed by atoms with Crippen LogP contribution in [0.2, 0.25) is 0 Å². The summed E-state index contributed by atoms with van der Waals surface area (Å²) in [4.78, 5) is 52.0. The number of aromatic hydroxyl groups is 1. The Morgan fingerprint density at radius 2 is 1.69 bits per heavy atom. The number of amides is 1. The van der Waals surface area contributed by atoms with Crippen molar-refractivity contribution in [2.45, 2.75) is 50.5 Å². The topological polar surface area (TPSA) is 137 Å². The summed E-state index contributed by atoms with van der Waals surface area (Å²) in [5.41, 5.74) is -0.414. The van der Waals surface area contributed by atoms with Crippen LogP contribution in [0.5, 0.6) is 11.5 Å². The largest absolute Gasteiger partial charge is 0.506 e. The zero-order valence-corrected chi connectivity index (χ0v) is 24.3. The number of phenols is 1. The van der Waals surface area contributed by atoms with E-state index >= 15 is 0 Å². The monoisotopic (exact) mass is 627 g/mol. The Balaban J connectivity index is 1.55. The van der Waals surface area contributed by atoms with Gasteiger partial charge in [0.15, 0.2) is 5.78 Å². The number of ketones is 2. The Labute approximate surface area is 255 Å². The second-order valence-electron chi connectivity index (χ2n) is 10.5. The Morgan fingerprint density at radius 1 is 0.978 bits per heavy atom. The molecule has 0 unspecified atom stereocenters. The van der Waals surface area contributed by atoms with Gasteiger partial charge < -0.3 is 29.4 Å². The minimum Gasteiger partial charge on any atom is -0.506 e. The van der Waals surface area contributed by atoms with E-state index in [2.05, 4.69) is 4.74 Å². The van der Waals surface area contributed by atoms with Gasteiger partial charge in [0.05, 0.1) is 50.2 Å². The van der Waals surface area contributed by atoms with Crippen LogP contribution in [0, 0.1) is 0 Å². The second-order valence-corrected chi connectivity index (χ2v) is 10.5. The fourth-order valence-corrected chi connectivity index (χ4v) is 5.75. The highest BCUT2D eigenvalue weighted by molar-refractivity contribution is 6.31. The van der Waals surface area contributed by atoms with Gasteiger partial charge in [-0.15, -0.1) is 0 Å². The maximum atomic E-state index is 14.0. The maximum absolute atomic E-state index is 14.0. The average molecular weight is 628 g/mol. The third-order valence-electron chi connectivity index (χ3n) is 7.84. The molecule has 2 N–H and O–H groups in total. The van der Waals surface area contributed by atoms with Crippen LogP contribution >= 0.6 is 0 Å². The number of alkyl halides is 3. The van der Waals surface area contributed by atoms with E-state index < -0.39 is 65.3 Å². The van der Waals surface area contributed by atoms with Crippen molar-refractivity contribution in [1.82, 2.24) is 5.32 Å². The van der Waals surface area contributed by atoms with Crippen LogP contribution in [0.25, 0.3) is 0 Å². The summed E-state index contributed by atoms with van der Waals surface area (Å²) >= 11 is 0. The smallest absolute Gasteiger partial charge is 0.471 e. The highest BCUT2D eigenvalue weighted by Gasteiger charge is 2.46. The summed E-state index contributed by atoms with van der Waals surface area (Å²) in [6.45, 7) is 1.60. The summed E-state index contributed by atoms with van der Waals surface area (Å²) < 4.78 is 62.2. The fourth-order valence-electron chi connectivity index (χ4n) is 5.75. The van der Waals surface area contributed by atoms with E-state index in [4.69, 9.17) is 14.2 Å². The molecule has 0 spiro atoms. The number of carbonyl (C=O) groups is 4. The number of halogens is 3. The van der Waals surface area contributed by atoms with Crippen molar-refractivity contribution in [3.05, 3.63) is 93.5 Å². The number of phenolic OH excluding ortho intramolecular Hbond substituents is 1. The molecule has 2 aliphatic rings. The first kappa shape index (κ1) is 31.7. The molecule has 1 aliphatic heterocycles. The van der Waals surface area contributed by atoms with Crippen LogP contribution in [0.1, 0.15) is 72.8 Å². The molecule has 1 amide bonds. The number of fused-ring (bicyclic) bond motifs is 2. The molecular weight excluding hydrogens is 599 g/mol. The van der Waals surface area contributed by atoms with Gasteiger partial charge in [-0.2, -0.15) is 13.2 Å². The van der Waals surface area contributed by atoms with Gasteiger partial charge in [-0.1, -0.05) is 36.4 Å². The summed E-state index contributed by atoms with van der Waals surface area (Å²) in [6.07, 6.45) is -8.37. The van der Waals surface area contributed by atoms with Gasteiger partial charge in [0.1, 0.15) is 23.2 Å². The molecule has 3 aromatic rings. The van der Waals surface area contributed by atoms with Crippen molar-refractivity contribution in [3.8, 4) is 11.5 Å². The lowest BCUT2D eigenvalue weighted by Crippen LogP contribution is -2.56. The van der Waals surface area contributed by atoms with Gasteiger partial charge in [-0.05, 0) is 36.2 Å². The van der Waals surface area contributed by atoms with Crippen LogP contribution in [-0.2, 0) is 25.6 Å². The molecule has 1 heterocycles. The van der Waals surface area contributed by atoms with E-state index in [1.54, 1.807) is 37.3 Å². The van der Waals surface area contributed by atoms with Crippen molar-refractivity contribution in [2.24, 2.45) is 0 Å². The second kappa shape index (κ2) is 12.3. The molecule has 1 aliphatic carbocycles. The van der Waals surface area contributed by atoms with E-state index in [-0.39, 0.29) is 46.6 Å². The number of ether oxygens (including phenoxy) is 4. The SMILES string of the molecule is COC(=O)c1ccc2c(c1O)C(=O)c1c(OC)ccc([C@H]3C[C@H](NC(=O)C(F)(F)F)[C@H](OCc4ccccc4)[C@@H](C)O3)c1C2=O. The first-order chi connectivity index (χ1) is 21.4. The fraction of sp³-hybridized carbons (Fsp3) is 0.312. The first-order valence-corrected chi connectivity index (χ1v) is 13.8. The van der Waals surface area contributed by atoms with Gasteiger partial charge in [-0.3, -0.25) is 14.4 Å². The minimum absolute atomic E-state index is 0.0181. The minimum atomic E-state index is -5.17. The van der Waals surface area contributed by atoms with Gasteiger partial charge in [-0.25, -0.2) is 4.79 Å². The zero-order valence-electron chi connectivity index (χ0n) is 24.3. The summed E-state index contributed by atoms with van der Waals surface area (Å²) in [6, 6.07) is 12.9. The van der Waals surface area contributed by atoms with Crippen molar-refractivity contribution < 1.29 is 56.4 Å². The molecule has 1 saturated heterocycles. The number of benzene rings is 3. The predicted octanol–water partition coefficient (Wildman–Crippen LogP) is 4.45. The lowest BCUT2D eigenvalue weighted by atomic mass is 9.78. The number of rotatable bonds is 7. The van der Waals surface area contributed by atoms with E-state index in [1.165, 1.54) is 25.3 Å². The summed E-state index contributed by atoms with van der Waals surface area (Å²) in [7, 11) is 2.36. The molecule has 0 aromatic heterocycles. The van der Waals surface area contributed by atoms with Gasteiger partial charge in [0.25, 0.3) is 0 Å². The van der Waals surface area contributed by atoms with Crippen molar-refractivity contribution in [3.63, 3.8) is 0 Å². The third-order valence-corrected chi connectivity index (χ3v) is 7.84. The average Bonchev–Trinajstić information content (AvgIpc) is 3.01. The Bertz CT molecular complexity index is 1670. The van der Waals surface area contributed by atoms with Crippen molar-refractivity contribution >= 4 is 23.4 Å². The molecule has 1 fully saturated rings. The molecule has 4 atom stereocenters. The van der Waals surface area contributed by atoms with E-state index in [0.29, 0.717) is 0 Å². The number of nitrogens with one attached hydrogen (secondary N) is 1. The summed E-state index contributed by atoms with van der Waals surface area (Å²) in [5, 5.41) is 12.8. The van der Waals surface area contributed by atoms with Crippen molar-refractivity contribution in [2.75, 3.05) is 14.2 Å². The van der Waals surface area contributed by atoms with E-state index in [0.717, 1.165) is 18.7 Å². The zero-order chi connectivity index (χ0) is 32.6. The predicted molar refractivity (Wildman–Crippen MR) is 150 cm³/mol. The van der Waals surface area contributed by atoms with Gasteiger partial charge >= 0.3 is 18.1 Å². The van der Waals surface area contributed by atoms with Crippen LogP contribution in [-0.4, -0.2) is 67.2 Å². The number of hydrogen-bond acceptors (Lipinski definition) is 9. The van der Waals surface area contributed by atoms with Crippen LogP contribution in [0.15, 0.2) is 54.6 Å². The molecule has 5 rings (SSSR count). The molecule has 0 bridgehead atoms. The third kappa shape index (κ3) is 5.88. The van der Waals surface area contributed by atoms with Crippen LogP contribution in [0.3, 0.4) is 0 Å². The molecule has 10 nitrogen and oxygen atoms in total. The normalized spacial score (nSPS) is 21.0. The number of carbonyl (C=O) groups excluding carboxylic acids is 4. The van der Waals surface area contributed by atoms with Crippen molar-refractivity contribution in [1.29, 1.82) is 0 Å². The molecule has 13 heteroatoms. The highest BCUT2D eigenvalue weighted by Crippen LogP contribution is 2.44. The lowest BCUT2D eigenvalue weighted by molar-refractivity contribution is -0.183. The van der Waals surface area contributed by atoms with Gasteiger partial charge in [0.2, 0.25) is 5.78 Å². The van der Waals surface area contributed by atoms with Crippen LogP contribution < -0.4 is 10.1 Å². The van der Waals surface area contributed by atoms with E-state index in [1.807, 2.05) is 5.32 Å². The maximum Gasteiger partial charge on any atom is 0.471 e. The number of hydrogen-bond donors (Lipinski definition) is 2. The highest BCUT2D eigenvalue weighted by atomic mass is 19.4. The Morgan fingerprint density at radius 3 is 2.33 bits per heavy atom. The number of methoxy groups -OCH3 is 2.